The van der Waals surface area contributed by atoms with Crippen LogP contribution in [0, 0.1) is 12.3 Å². The second-order valence-corrected chi connectivity index (χ2v) is 5.51. The summed E-state index contributed by atoms with van der Waals surface area (Å²) in [6.07, 6.45) is 0.197. The maximum Gasteiger partial charge on any atom is 0.0949 e. The van der Waals surface area contributed by atoms with Gasteiger partial charge in [-0.25, -0.2) is 0 Å². The van der Waals surface area contributed by atoms with Crippen molar-refractivity contribution in [3.05, 3.63) is 35.4 Å². The first kappa shape index (κ1) is 11.6. The molecule has 2 rings (SSSR count). The van der Waals surface area contributed by atoms with Crippen molar-refractivity contribution in [2.75, 3.05) is 19.7 Å². The molecule has 16 heavy (non-hydrogen) atoms. The number of aryl methyl sites for hydroxylation is 1. The summed E-state index contributed by atoms with van der Waals surface area (Å²) < 4.78 is 5.98. The van der Waals surface area contributed by atoms with Gasteiger partial charge in [0.1, 0.15) is 0 Å². The summed E-state index contributed by atoms with van der Waals surface area (Å²) in [5.74, 6) is 0. The maximum atomic E-state index is 5.98. The second-order valence-electron chi connectivity index (χ2n) is 5.51. The van der Waals surface area contributed by atoms with Crippen LogP contribution in [0.25, 0.3) is 0 Å². The SMILES string of the molecule is Cc1ccc(C2CNCC(C)(C)CO2)cc1. The molecule has 1 heterocycles. The van der Waals surface area contributed by atoms with Gasteiger partial charge < -0.3 is 10.1 Å². The topological polar surface area (TPSA) is 21.3 Å². The van der Waals surface area contributed by atoms with Gasteiger partial charge in [-0.2, -0.15) is 0 Å². The molecule has 1 aliphatic heterocycles. The van der Waals surface area contributed by atoms with Crippen molar-refractivity contribution in [1.29, 1.82) is 0 Å². The van der Waals surface area contributed by atoms with Gasteiger partial charge in [0.15, 0.2) is 0 Å². The Morgan fingerprint density at radius 3 is 2.62 bits per heavy atom. The average Bonchev–Trinajstić information content (AvgIpc) is 2.41. The molecule has 88 valence electrons. The van der Waals surface area contributed by atoms with Gasteiger partial charge >= 0.3 is 0 Å². The van der Waals surface area contributed by atoms with Gasteiger partial charge in [-0.1, -0.05) is 43.7 Å². The fourth-order valence-corrected chi connectivity index (χ4v) is 1.97. The molecule has 0 aromatic heterocycles. The van der Waals surface area contributed by atoms with Crippen LogP contribution in [0.3, 0.4) is 0 Å². The van der Waals surface area contributed by atoms with Crippen molar-refractivity contribution in [2.24, 2.45) is 5.41 Å². The highest BCUT2D eigenvalue weighted by molar-refractivity contribution is 5.23. The minimum Gasteiger partial charge on any atom is -0.372 e. The van der Waals surface area contributed by atoms with E-state index in [1.165, 1.54) is 11.1 Å². The molecule has 0 bridgehead atoms. The van der Waals surface area contributed by atoms with Crippen molar-refractivity contribution in [2.45, 2.75) is 26.9 Å². The molecule has 0 saturated carbocycles. The van der Waals surface area contributed by atoms with Gasteiger partial charge in [0.05, 0.1) is 12.7 Å². The van der Waals surface area contributed by atoms with Crippen LogP contribution >= 0.6 is 0 Å². The highest BCUT2D eigenvalue weighted by atomic mass is 16.5. The number of benzene rings is 1. The van der Waals surface area contributed by atoms with Gasteiger partial charge in [-0.3, -0.25) is 0 Å². The van der Waals surface area contributed by atoms with E-state index in [9.17, 15) is 0 Å². The van der Waals surface area contributed by atoms with Crippen LogP contribution in [0.2, 0.25) is 0 Å². The monoisotopic (exact) mass is 219 g/mol. The van der Waals surface area contributed by atoms with E-state index >= 15 is 0 Å². The van der Waals surface area contributed by atoms with Crippen LogP contribution in [0.15, 0.2) is 24.3 Å². The number of hydrogen-bond acceptors (Lipinski definition) is 2. The molecule has 1 atom stereocenters. The van der Waals surface area contributed by atoms with Gasteiger partial charge in [-0.05, 0) is 12.5 Å². The molecule has 0 radical (unpaired) electrons. The quantitative estimate of drug-likeness (QED) is 0.784. The Morgan fingerprint density at radius 1 is 1.25 bits per heavy atom. The number of ether oxygens (including phenoxy) is 1. The second kappa shape index (κ2) is 4.56. The zero-order valence-corrected chi connectivity index (χ0v) is 10.4. The largest absolute Gasteiger partial charge is 0.372 e. The third-order valence-corrected chi connectivity index (χ3v) is 3.06. The molecular formula is C14H21NO. The third kappa shape index (κ3) is 2.83. The fraction of sp³-hybridized carbons (Fsp3) is 0.571. The summed E-state index contributed by atoms with van der Waals surface area (Å²) in [5, 5.41) is 3.48. The molecule has 2 nitrogen and oxygen atoms in total. The minimum atomic E-state index is 0.197. The Morgan fingerprint density at radius 2 is 1.94 bits per heavy atom. The zero-order chi connectivity index (χ0) is 11.6. The van der Waals surface area contributed by atoms with E-state index < -0.39 is 0 Å². The highest BCUT2D eigenvalue weighted by Crippen LogP contribution is 2.25. The molecule has 1 unspecified atom stereocenters. The molecular weight excluding hydrogens is 198 g/mol. The Hall–Kier alpha value is -0.860. The van der Waals surface area contributed by atoms with Gasteiger partial charge in [0.25, 0.3) is 0 Å². The van der Waals surface area contributed by atoms with Crippen molar-refractivity contribution in [1.82, 2.24) is 5.32 Å². The smallest absolute Gasteiger partial charge is 0.0949 e. The lowest BCUT2D eigenvalue weighted by Crippen LogP contribution is -2.29. The molecule has 0 amide bonds. The van der Waals surface area contributed by atoms with Crippen LogP contribution < -0.4 is 5.32 Å². The summed E-state index contributed by atoms with van der Waals surface area (Å²) in [6.45, 7) is 9.33. The van der Waals surface area contributed by atoms with E-state index in [1.807, 2.05) is 0 Å². The van der Waals surface area contributed by atoms with Gasteiger partial charge in [0.2, 0.25) is 0 Å². The number of nitrogens with one attached hydrogen (secondary N) is 1. The molecule has 1 N–H and O–H groups in total. The van der Waals surface area contributed by atoms with Crippen LogP contribution in [0.5, 0.6) is 0 Å². The summed E-state index contributed by atoms with van der Waals surface area (Å²) in [7, 11) is 0. The Bertz CT molecular complexity index is 342. The van der Waals surface area contributed by atoms with Gasteiger partial charge in [-0.15, -0.1) is 0 Å². The standard InChI is InChI=1S/C14H21NO/c1-11-4-6-12(7-5-11)13-8-15-9-14(2,3)10-16-13/h4-7,13,15H,8-10H2,1-3H3. The molecule has 0 spiro atoms. The van der Waals surface area contributed by atoms with E-state index in [1.54, 1.807) is 0 Å². The predicted molar refractivity (Wildman–Crippen MR) is 66.5 cm³/mol. The van der Waals surface area contributed by atoms with Crippen molar-refractivity contribution in [3.63, 3.8) is 0 Å². The molecule has 2 heteroatoms. The first-order valence-corrected chi connectivity index (χ1v) is 5.96. The van der Waals surface area contributed by atoms with Crippen molar-refractivity contribution >= 4 is 0 Å². The van der Waals surface area contributed by atoms with Gasteiger partial charge in [0, 0.05) is 18.5 Å². The lowest BCUT2D eigenvalue weighted by molar-refractivity contribution is 0.0260. The van der Waals surface area contributed by atoms with Crippen LogP contribution in [0.1, 0.15) is 31.1 Å². The normalized spacial score (nSPS) is 25.1. The predicted octanol–water partition coefficient (Wildman–Crippen LogP) is 2.68. The Balaban J connectivity index is 2.08. The number of rotatable bonds is 1. The summed E-state index contributed by atoms with van der Waals surface area (Å²) in [5.41, 5.74) is 2.81. The first-order chi connectivity index (χ1) is 7.57. The molecule has 1 fully saturated rings. The lowest BCUT2D eigenvalue weighted by atomic mass is 9.95. The van der Waals surface area contributed by atoms with E-state index in [0.29, 0.717) is 0 Å². The first-order valence-electron chi connectivity index (χ1n) is 5.96. The van der Waals surface area contributed by atoms with E-state index in [0.717, 1.165) is 19.7 Å². The molecule has 0 aliphatic carbocycles. The summed E-state index contributed by atoms with van der Waals surface area (Å²) in [6, 6.07) is 8.63. The Kier molecular flexibility index (Phi) is 3.31. The lowest BCUT2D eigenvalue weighted by Gasteiger charge is -2.21. The zero-order valence-electron chi connectivity index (χ0n) is 10.4. The van der Waals surface area contributed by atoms with E-state index in [2.05, 4.69) is 50.4 Å². The molecule has 1 aromatic rings. The minimum absolute atomic E-state index is 0.197. The maximum absolute atomic E-state index is 5.98. The number of hydrogen-bond donors (Lipinski definition) is 1. The van der Waals surface area contributed by atoms with Crippen molar-refractivity contribution < 1.29 is 4.74 Å². The summed E-state index contributed by atoms with van der Waals surface area (Å²) in [4.78, 5) is 0. The van der Waals surface area contributed by atoms with E-state index in [4.69, 9.17) is 4.74 Å². The highest BCUT2D eigenvalue weighted by Gasteiger charge is 2.25. The third-order valence-electron chi connectivity index (χ3n) is 3.06. The van der Waals surface area contributed by atoms with Crippen LogP contribution in [0.4, 0.5) is 0 Å². The van der Waals surface area contributed by atoms with E-state index in [-0.39, 0.29) is 11.5 Å². The molecule has 1 aliphatic rings. The summed E-state index contributed by atoms with van der Waals surface area (Å²) >= 11 is 0. The molecule has 1 saturated heterocycles. The molecule has 1 aromatic carbocycles. The Labute approximate surface area is 98.0 Å². The fourth-order valence-electron chi connectivity index (χ4n) is 1.97. The van der Waals surface area contributed by atoms with Crippen molar-refractivity contribution in [3.8, 4) is 0 Å². The van der Waals surface area contributed by atoms with Crippen LogP contribution in [-0.2, 0) is 4.74 Å². The average molecular weight is 219 g/mol. The van der Waals surface area contributed by atoms with Crippen LogP contribution in [-0.4, -0.2) is 19.7 Å².